The van der Waals surface area contributed by atoms with Gasteiger partial charge in [-0.1, -0.05) is 23.2 Å². The SMILES string of the molecule is Clc1ccc(Cl)c(-n2nc(-c3ccc4c(c3)OCO4)c3c2NCCCC3)c1. The zero-order chi connectivity index (χ0) is 18.4. The topological polar surface area (TPSA) is 48.3 Å². The van der Waals surface area contributed by atoms with Crippen molar-refractivity contribution in [1.29, 1.82) is 0 Å². The molecule has 2 aliphatic heterocycles. The fraction of sp³-hybridized carbons (Fsp3) is 0.250. The number of nitrogens with one attached hydrogen (secondary N) is 1. The lowest BCUT2D eigenvalue weighted by Crippen LogP contribution is -2.07. The number of hydrogen-bond acceptors (Lipinski definition) is 4. The summed E-state index contributed by atoms with van der Waals surface area (Å²) in [4.78, 5) is 0. The number of anilines is 1. The van der Waals surface area contributed by atoms with Crippen LogP contribution in [0.5, 0.6) is 11.5 Å². The number of nitrogens with zero attached hydrogens (tertiary/aromatic N) is 2. The number of ether oxygens (including phenoxy) is 2. The van der Waals surface area contributed by atoms with E-state index in [2.05, 4.69) is 5.32 Å². The molecule has 0 saturated heterocycles. The molecule has 0 unspecified atom stereocenters. The standard InChI is InChI=1S/C20H17Cl2N3O2/c21-13-5-6-15(22)16(10-13)25-20-14(3-1-2-8-23-20)19(24-25)12-4-7-17-18(9-12)27-11-26-17/h4-7,9-10,23H,1-3,8,11H2. The van der Waals surface area contributed by atoms with Crippen LogP contribution in [0.25, 0.3) is 16.9 Å². The summed E-state index contributed by atoms with van der Waals surface area (Å²) in [5.74, 6) is 2.49. The van der Waals surface area contributed by atoms with Crippen molar-refractivity contribution < 1.29 is 9.47 Å². The van der Waals surface area contributed by atoms with Crippen molar-refractivity contribution in [2.24, 2.45) is 0 Å². The molecule has 0 spiro atoms. The maximum atomic E-state index is 6.46. The summed E-state index contributed by atoms with van der Waals surface area (Å²) in [6, 6.07) is 11.4. The Labute approximate surface area is 166 Å². The van der Waals surface area contributed by atoms with E-state index < -0.39 is 0 Å². The summed E-state index contributed by atoms with van der Waals surface area (Å²) in [6.45, 7) is 1.16. The molecule has 0 aliphatic carbocycles. The third-order valence-corrected chi connectivity index (χ3v) is 5.47. The maximum absolute atomic E-state index is 6.46. The van der Waals surface area contributed by atoms with Crippen molar-refractivity contribution in [3.05, 3.63) is 52.0 Å². The van der Waals surface area contributed by atoms with E-state index in [1.165, 1.54) is 5.56 Å². The normalized spacial score (nSPS) is 15.2. The second-order valence-corrected chi connectivity index (χ2v) is 7.48. The van der Waals surface area contributed by atoms with Crippen LogP contribution in [-0.4, -0.2) is 23.1 Å². The molecule has 0 atom stereocenters. The van der Waals surface area contributed by atoms with Crippen molar-refractivity contribution in [3.8, 4) is 28.4 Å². The Morgan fingerprint density at radius 1 is 1.00 bits per heavy atom. The van der Waals surface area contributed by atoms with Gasteiger partial charge in [-0.3, -0.25) is 0 Å². The number of fused-ring (bicyclic) bond motifs is 2. The third kappa shape index (κ3) is 2.91. The van der Waals surface area contributed by atoms with Gasteiger partial charge < -0.3 is 14.8 Å². The molecule has 2 aliphatic rings. The summed E-state index contributed by atoms with van der Waals surface area (Å²) in [7, 11) is 0. The first kappa shape index (κ1) is 16.8. The van der Waals surface area contributed by atoms with Gasteiger partial charge >= 0.3 is 0 Å². The molecule has 1 N–H and O–H groups in total. The molecule has 0 saturated carbocycles. The maximum Gasteiger partial charge on any atom is 0.231 e. The van der Waals surface area contributed by atoms with Crippen molar-refractivity contribution in [2.45, 2.75) is 19.3 Å². The summed E-state index contributed by atoms with van der Waals surface area (Å²) < 4.78 is 12.8. The first-order valence-corrected chi connectivity index (χ1v) is 9.67. The first-order valence-electron chi connectivity index (χ1n) is 8.92. The van der Waals surface area contributed by atoms with E-state index in [-0.39, 0.29) is 6.79 Å². The minimum atomic E-state index is 0.255. The zero-order valence-corrected chi connectivity index (χ0v) is 16.0. The van der Waals surface area contributed by atoms with E-state index in [0.29, 0.717) is 10.0 Å². The van der Waals surface area contributed by atoms with Gasteiger partial charge in [0.25, 0.3) is 0 Å². The van der Waals surface area contributed by atoms with Gasteiger partial charge in [-0.15, -0.1) is 0 Å². The fourth-order valence-corrected chi connectivity index (χ4v) is 3.96. The molecule has 5 nitrogen and oxygen atoms in total. The Morgan fingerprint density at radius 3 is 2.81 bits per heavy atom. The van der Waals surface area contributed by atoms with E-state index in [1.54, 1.807) is 12.1 Å². The molecule has 0 radical (unpaired) electrons. The largest absolute Gasteiger partial charge is 0.454 e. The van der Waals surface area contributed by atoms with E-state index >= 15 is 0 Å². The van der Waals surface area contributed by atoms with Crippen LogP contribution in [0.3, 0.4) is 0 Å². The van der Waals surface area contributed by atoms with Crippen LogP contribution in [0.2, 0.25) is 10.0 Å². The summed E-state index contributed by atoms with van der Waals surface area (Å²) in [5.41, 5.74) is 3.87. The quantitative estimate of drug-likeness (QED) is 0.630. The van der Waals surface area contributed by atoms with Crippen LogP contribution in [0.15, 0.2) is 36.4 Å². The fourth-order valence-electron chi connectivity index (χ4n) is 3.60. The van der Waals surface area contributed by atoms with Gasteiger partial charge in [0.15, 0.2) is 11.5 Å². The average Bonchev–Trinajstić information content (AvgIpc) is 3.20. The summed E-state index contributed by atoms with van der Waals surface area (Å²) in [5, 5.41) is 9.67. The molecule has 3 heterocycles. The lowest BCUT2D eigenvalue weighted by atomic mass is 10.0. The van der Waals surface area contributed by atoms with Gasteiger partial charge in [0, 0.05) is 22.7 Å². The van der Waals surface area contributed by atoms with Crippen molar-refractivity contribution in [2.75, 3.05) is 18.7 Å². The Morgan fingerprint density at radius 2 is 1.89 bits per heavy atom. The van der Waals surface area contributed by atoms with Crippen LogP contribution < -0.4 is 14.8 Å². The number of benzene rings is 2. The minimum Gasteiger partial charge on any atom is -0.454 e. The molecule has 138 valence electrons. The third-order valence-electron chi connectivity index (χ3n) is 4.91. The van der Waals surface area contributed by atoms with Gasteiger partial charge in [-0.25, -0.2) is 4.68 Å². The van der Waals surface area contributed by atoms with Gasteiger partial charge in [0.1, 0.15) is 5.82 Å². The molecule has 27 heavy (non-hydrogen) atoms. The summed E-state index contributed by atoms with van der Waals surface area (Å²) in [6.07, 6.45) is 3.16. The second-order valence-electron chi connectivity index (χ2n) is 6.64. The zero-order valence-electron chi connectivity index (χ0n) is 14.5. The molecule has 1 aromatic heterocycles. The highest BCUT2D eigenvalue weighted by atomic mass is 35.5. The Bertz CT molecular complexity index is 1030. The molecule has 3 aromatic rings. The highest BCUT2D eigenvalue weighted by Crippen LogP contribution is 2.40. The number of rotatable bonds is 2. The second kappa shape index (κ2) is 6.66. The highest BCUT2D eigenvalue weighted by Gasteiger charge is 2.24. The molecule has 2 aromatic carbocycles. The molecule has 0 amide bonds. The molecule has 0 bridgehead atoms. The van der Waals surface area contributed by atoms with Crippen molar-refractivity contribution in [3.63, 3.8) is 0 Å². The van der Waals surface area contributed by atoms with Crippen molar-refractivity contribution in [1.82, 2.24) is 9.78 Å². The number of hydrogen-bond donors (Lipinski definition) is 1. The lowest BCUT2D eigenvalue weighted by Gasteiger charge is -2.11. The van der Waals surface area contributed by atoms with Gasteiger partial charge in [-0.2, -0.15) is 5.10 Å². The molecular weight excluding hydrogens is 385 g/mol. The van der Waals surface area contributed by atoms with E-state index in [1.807, 2.05) is 28.9 Å². The molecule has 7 heteroatoms. The predicted octanol–water partition coefficient (Wildman–Crippen LogP) is 5.32. The first-order chi connectivity index (χ1) is 13.2. The highest BCUT2D eigenvalue weighted by molar-refractivity contribution is 6.34. The van der Waals surface area contributed by atoms with E-state index in [4.69, 9.17) is 37.8 Å². The van der Waals surface area contributed by atoms with Crippen LogP contribution in [0.4, 0.5) is 5.82 Å². The Balaban J connectivity index is 1.70. The van der Waals surface area contributed by atoms with Crippen LogP contribution >= 0.6 is 23.2 Å². The lowest BCUT2D eigenvalue weighted by molar-refractivity contribution is 0.174. The van der Waals surface area contributed by atoms with Crippen LogP contribution in [-0.2, 0) is 6.42 Å². The van der Waals surface area contributed by atoms with E-state index in [0.717, 1.165) is 60.1 Å². The van der Waals surface area contributed by atoms with Crippen molar-refractivity contribution >= 4 is 29.0 Å². The average molecular weight is 402 g/mol. The molecule has 0 fully saturated rings. The number of halogens is 2. The van der Waals surface area contributed by atoms with E-state index in [9.17, 15) is 0 Å². The predicted molar refractivity (Wildman–Crippen MR) is 107 cm³/mol. The summed E-state index contributed by atoms with van der Waals surface area (Å²) >= 11 is 12.7. The van der Waals surface area contributed by atoms with Crippen LogP contribution in [0, 0.1) is 0 Å². The van der Waals surface area contributed by atoms with Gasteiger partial charge in [-0.05, 0) is 55.7 Å². The van der Waals surface area contributed by atoms with Gasteiger partial charge in [0.2, 0.25) is 6.79 Å². The number of aromatic nitrogens is 2. The monoisotopic (exact) mass is 401 g/mol. The van der Waals surface area contributed by atoms with Crippen LogP contribution in [0.1, 0.15) is 18.4 Å². The Kier molecular flexibility index (Phi) is 4.14. The minimum absolute atomic E-state index is 0.255. The molecule has 5 rings (SSSR count). The molecular formula is C20H17Cl2N3O2. The van der Waals surface area contributed by atoms with Gasteiger partial charge in [0.05, 0.1) is 16.4 Å². The smallest absolute Gasteiger partial charge is 0.231 e. The Hall–Kier alpha value is -2.37.